The number of benzene rings is 1. The first-order chi connectivity index (χ1) is 9.58. The van der Waals surface area contributed by atoms with Crippen LogP contribution in [0.2, 0.25) is 0 Å². The van der Waals surface area contributed by atoms with Crippen molar-refractivity contribution in [2.24, 2.45) is 0 Å². The first-order valence-electron chi connectivity index (χ1n) is 7.69. The Morgan fingerprint density at radius 3 is 2.05 bits per heavy atom. The average molecular weight is 290 g/mol. The average Bonchev–Trinajstić information content (AvgIpc) is 2.32. The molecule has 0 radical (unpaired) electrons. The van der Waals surface area contributed by atoms with Gasteiger partial charge >= 0.3 is 0 Å². The zero-order valence-electron chi connectivity index (χ0n) is 14.3. The highest BCUT2D eigenvalue weighted by Crippen LogP contribution is 2.22. The van der Waals surface area contributed by atoms with Crippen LogP contribution in [0.1, 0.15) is 59.1 Å². The van der Waals surface area contributed by atoms with Gasteiger partial charge in [-0.15, -0.1) is 0 Å². The fraction of sp³-hybridized carbons (Fsp3) is 0.611. The number of nitrogens with one attached hydrogen (secondary N) is 2. The maximum absolute atomic E-state index is 11.7. The molecule has 0 aliphatic heterocycles. The van der Waals surface area contributed by atoms with E-state index in [9.17, 15) is 4.79 Å². The van der Waals surface area contributed by atoms with E-state index in [4.69, 9.17) is 0 Å². The lowest BCUT2D eigenvalue weighted by Gasteiger charge is -2.20. The van der Waals surface area contributed by atoms with Crippen LogP contribution in [-0.2, 0) is 16.8 Å². The predicted molar refractivity (Wildman–Crippen MR) is 89.4 cm³/mol. The molecular weight excluding hydrogens is 260 g/mol. The van der Waals surface area contributed by atoms with E-state index >= 15 is 0 Å². The van der Waals surface area contributed by atoms with Gasteiger partial charge in [-0.2, -0.15) is 0 Å². The van der Waals surface area contributed by atoms with E-state index in [1.807, 2.05) is 20.8 Å². The summed E-state index contributed by atoms with van der Waals surface area (Å²) >= 11 is 0. The molecule has 0 aromatic heterocycles. The molecular formula is C18H30N2O. The van der Waals surface area contributed by atoms with Crippen molar-refractivity contribution in [1.29, 1.82) is 0 Å². The van der Waals surface area contributed by atoms with Gasteiger partial charge in [0.1, 0.15) is 0 Å². The Balaban J connectivity index is 2.32. The lowest BCUT2D eigenvalue weighted by Crippen LogP contribution is -2.41. The molecule has 0 heterocycles. The summed E-state index contributed by atoms with van der Waals surface area (Å²) in [5.41, 5.74) is 2.63. The Morgan fingerprint density at radius 2 is 1.57 bits per heavy atom. The van der Waals surface area contributed by atoms with Crippen molar-refractivity contribution in [2.45, 2.75) is 65.5 Å². The molecule has 2 N–H and O–H groups in total. The SMILES string of the molecule is CC(C)(C)NC(=O)CCNCc1ccc(C(C)(C)C)cc1. The van der Waals surface area contributed by atoms with Crippen molar-refractivity contribution in [3.8, 4) is 0 Å². The van der Waals surface area contributed by atoms with Crippen LogP contribution in [-0.4, -0.2) is 18.0 Å². The fourth-order valence-electron chi connectivity index (χ4n) is 2.04. The Bertz CT molecular complexity index is 450. The molecule has 21 heavy (non-hydrogen) atoms. The molecule has 1 aromatic rings. The molecule has 3 heteroatoms. The molecule has 0 aliphatic carbocycles. The molecule has 0 unspecified atom stereocenters. The molecule has 0 bridgehead atoms. The number of rotatable bonds is 5. The number of hydrogen-bond donors (Lipinski definition) is 2. The summed E-state index contributed by atoms with van der Waals surface area (Å²) in [6.45, 7) is 14.1. The van der Waals surface area contributed by atoms with Crippen LogP contribution in [0.5, 0.6) is 0 Å². The minimum atomic E-state index is -0.153. The van der Waals surface area contributed by atoms with Crippen molar-refractivity contribution in [3.63, 3.8) is 0 Å². The molecule has 0 spiro atoms. The van der Waals surface area contributed by atoms with Crippen molar-refractivity contribution in [1.82, 2.24) is 10.6 Å². The highest BCUT2D eigenvalue weighted by Gasteiger charge is 2.13. The first kappa shape index (κ1) is 17.7. The minimum absolute atomic E-state index is 0.0954. The van der Waals surface area contributed by atoms with Crippen molar-refractivity contribution in [3.05, 3.63) is 35.4 Å². The second-order valence-electron chi connectivity index (χ2n) is 7.67. The Kier molecular flexibility index (Phi) is 5.97. The Labute approximate surface area is 129 Å². The number of amides is 1. The smallest absolute Gasteiger partial charge is 0.221 e. The molecule has 0 atom stereocenters. The number of hydrogen-bond acceptors (Lipinski definition) is 2. The van der Waals surface area contributed by atoms with Gasteiger partial charge in [0, 0.05) is 25.0 Å². The van der Waals surface area contributed by atoms with Gasteiger partial charge in [0.05, 0.1) is 0 Å². The van der Waals surface area contributed by atoms with Gasteiger partial charge in [0.15, 0.2) is 0 Å². The van der Waals surface area contributed by atoms with Crippen LogP contribution in [0.4, 0.5) is 0 Å². The van der Waals surface area contributed by atoms with E-state index in [1.165, 1.54) is 11.1 Å². The van der Waals surface area contributed by atoms with Crippen LogP contribution < -0.4 is 10.6 Å². The summed E-state index contributed by atoms with van der Waals surface area (Å²) in [5, 5.41) is 6.28. The third kappa shape index (κ3) is 7.28. The van der Waals surface area contributed by atoms with Crippen molar-refractivity contribution in [2.75, 3.05) is 6.54 Å². The summed E-state index contributed by atoms with van der Waals surface area (Å²) in [4.78, 5) is 11.7. The van der Waals surface area contributed by atoms with Gasteiger partial charge in [-0.3, -0.25) is 4.79 Å². The topological polar surface area (TPSA) is 41.1 Å². The summed E-state index contributed by atoms with van der Waals surface area (Å²) in [6.07, 6.45) is 0.511. The summed E-state index contributed by atoms with van der Waals surface area (Å²) in [6, 6.07) is 8.68. The van der Waals surface area contributed by atoms with E-state index in [0.717, 1.165) is 6.54 Å². The normalized spacial score (nSPS) is 12.3. The standard InChI is InChI=1S/C18H30N2O/c1-17(2,3)15-9-7-14(8-10-15)13-19-12-11-16(21)20-18(4,5)6/h7-10,19H,11-13H2,1-6H3,(H,20,21). The number of carbonyl (C=O) groups is 1. The molecule has 0 saturated heterocycles. The first-order valence-corrected chi connectivity index (χ1v) is 7.69. The van der Waals surface area contributed by atoms with Crippen LogP contribution in [0, 0.1) is 0 Å². The summed E-state index contributed by atoms with van der Waals surface area (Å²) in [5.74, 6) is 0.0954. The molecule has 1 aromatic carbocycles. The van der Waals surface area contributed by atoms with Gasteiger partial charge < -0.3 is 10.6 Å². The highest BCUT2D eigenvalue weighted by molar-refractivity contribution is 5.76. The Hall–Kier alpha value is -1.35. The van der Waals surface area contributed by atoms with E-state index in [-0.39, 0.29) is 16.9 Å². The zero-order chi connectivity index (χ0) is 16.1. The van der Waals surface area contributed by atoms with Gasteiger partial charge in [-0.25, -0.2) is 0 Å². The summed E-state index contributed by atoms with van der Waals surface area (Å²) in [7, 11) is 0. The quantitative estimate of drug-likeness (QED) is 0.816. The van der Waals surface area contributed by atoms with Crippen molar-refractivity contribution >= 4 is 5.91 Å². The van der Waals surface area contributed by atoms with E-state index in [1.54, 1.807) is 0 Å². The fourth-order valence-corrected chi connectivity index (χ4v) is 2.04. The van der Waals surface area contributed by atoms with Gasteiger partial charge in [0.25, 0.3) is 0 Å². The van der Waals surface area contributed by atoms with Gasteiger partial charge in [0.2, 0.25) is 5.91 Å². The second kappa shape index (κ2) is 7.08. The molecule has 1 rings (SSSR count). The van der Waals surface area contributed by atoms with E-state index < -0.39 is 0 Å². The number of carbonyl (C=O) groups excluding carboxylic acids is 1. The maximum atomic E-state index is 11.7. The molecule has 3 nitrogen and oxygen atoms in total. The highest BCUT2D eigenvalue weighted by atomic mass is 16.1. The lowest BCUT2D eigenvalue weighted by molar-refractivity contribution is -0.122. The van der Waals surface area contributed by atoms with Gasteiger partial charge in [-0.1, -0.05) is 45.0 Å². The third-order valence-corrected chi connectivity index (χ3v) is 3.19. The molecule has 0 aliphatic rings. The van der Waals surface area contributed by atoms with Gasteiger partial charge in [-0.05, 0) is 37.3 Å². The van der Waals surface area contributed by atoms with Crippen LogP contribution in [0.15, 0.2) is 24.3 Å². The van der Waals surface area contributed by atoms with Crippen molar-refractivity contribution < 1.29 is 4.79 Å². The molecule has 1 amide bonds. The van der Waals surface area contributed by atoms with Crippen LogP contribution in [0.3, 0.4) is 0 Å². The molecule has 0 saturated carbocycles. The minimum Gasteiger partial charge on any atom is -0.351 e. The molecule has 0 fully saturated rings. The van der Waals surface area contributed by atoms with E-state index in [2.05, 4.69) is 55.7 Å². The monoisotopic (exact) mass is 290 g/mol. The lowest BCUT2D eigenvalue weighted by atomic mass is 9.87. The van der Waals surface area contributed by atoms with E-state index in [0.29, 0.717) is 13.0 Å². The second-order valence-corrected chi connectivity index (χ2v) is 7.67. The third-order valence-electron chi connectivity index (χ3n) is 3.19. The predicted octanol–water partition coefficient (Wildman–Crippen LogP) is 3.38. The van der Waals surface area contributed by atoms with Crippen LogP contribution >= 0.6 is 0 Å². The Morgan fingerprint density at radius 1 is 1.00 bits per heavy atom. The summed E-state index contributed by atoms with van der Waals surface area (Å²) < 4.78 is 0. The maximum Gasteiger partial charge on any atom is 0.221 e. The van der Waals surface area contributed by atoms with Crippen LogP contribution in [0.25, 0.3) is 0 Å². The zero-order valence-corrected chi connectivity index (χ0v) is 14.3. The molecule has 118 valence electrons. The largest absolute Gasteiger partial charge is 0.351 e.